The summed E-state index contributed by atoms with van der Waals surface area (Å²) in [5.74, 6) is 0. The maximum atomic E-state index is 5.03. The van der Waals surface area contributed by atoms with Crippen LogP contribution in [-0.2, 0) is 16.6 Å². The average molecular weight is 400 g/mol. The molecule has 0 radical (unpaired) electrons. The molecule has 0 rings (SSSR count). The van der Waals surface area contributed by atoms with Crippen LogP contribution in [0, 0.1) is 0 Å². The Balaban J connectivity index is 0. The average Bonchev–Trinajstić information content (AvgIpc) is 1.63. The van der Waals surface area contributed by atoms with E-state index >= 15 is 0 Å². The van der Waals surface area contributed by atoms with Gasteiger partial charge in [-0.25, -0.2) is 0 Å². The standard InChI is InChI=1S/C4H10O.4ClH.W/c1-3-5-4-2;;;;;/h3-4H2,1-2H3;4*1H;/q;;;;;+4/p-4. The molecule has 6 heteroatoms. The fraction of sp³-hybridized carbons (Fsp3) is 1.00. The SMILES string of the molecule is CCOCC.[Cl][W]([Cl])([Cl])[Cl]. The zero-order chi connectivity index (χ0) is 8.62. The molecule has 0 spiro atoms. The van der Waals surface area contributed by atoms with E-state index in [1.807, 2.05) is 13.8 Å². The monoisotopic (exact) mass is 398 g/mol. The Bertz CT molecular complexity index is 56.8. The molecular weight excluding hydrogens is 390 g/mol. The molecule has 0 saturated carbocycles. The summed E-state index contributed by atoms with van der Waals surface area (Å²) in [5.41, 5.74) is 0. The summed E-state index contributed by atoms with van der Waals surface area (Å²) < 4.78 is 4.83. The van der Waals surface area contributed by atoms with Gasteiger partial charge in [0.25, 0.3) is 0 Å². The van der Waals surface area contributed by atoms with Crippen LogP contribution in [0.4, 0.5) is 0 Å². The first-order valence-electron chi connectivity index (χ1n) is 2.61. The molecule has 0 unspecified atom stereocenters. The van der Waals surface area contributed by atoms with E-state index in [1.165, 1.54) is 0 Å². The number of hydrogen-bond acceptors (Lipinski definition) is 1. The van der Waals surface area contributed by atoms with Gasteiger partial charge in [-0.05, 0) is 13.8 Å². The summed E-state index contributed by atoms with van der Waals surface area (Å²) in [4.78, 5) is 0. The molecule has 0 aromatic heterocycles. The van der Waals surface area contributed by atoms with Crippen molar-refractivity contribution in [1.29, 1.82) is 0 Å². The molecule has 0 aliphatic heterocycles. The Hall–Kier alpha value is 1.81. The van der Waals surface area contributed by atoms with Crippen LogP contribution in [0.1, 0.15) is 13.8 Å². The number of rotatable bonds is 2. The summed E-state index contributed by atoms with van der Waals surface area (Å²) in [6, 6.07) is 0. The normalized spacial score (nSPS) is 11.8. The zero-order valence-corrected chi connectivity index (χ0v) is 11.7. The molecule has 0 atom stereocenters. The Morgan fingerprint density at radius 1 is 1.00 bits per heavy atom. The molecule has 0 aliphatic carbocycles. The minimum absolute atomic E-state index is 0.844. The Morgan fingerprint density at radius 3 is 1.20 bits per heavy atom. The summed E-state index contributed by atoms with van der Waals surface area (Å²) in [6.07, 6.45) is 0. The fourth-order valence-corrected chi connectivity index (χ4v) is 0.204. The van der Waals surface area contributed by atoms with E-state index in [2.05, 4.69) is 0 Å². The first-order chi connectivity index (χ1) is 4.41. The van der Waals surface area contributed by atoms with E-state index in [9.17, 15) is 0 Å². The predicted molar refractivity (Wildman–Crippen MR) is 45.6 cm³/mol. The van der Waals surface area contributed by atoms with E-state index in [-0.39, 0.29) is 0 Å². The van der Waals surface area contributed by atoms with Crippen LogP contribution in [0.2, 0.25) is 0 Å². The van der Waals surface area contributed by atoms with Gasteiger partial charge in [0.1, 0.15) is 0 Å². The van der Waals surface area contributed by atoms with Gasteiger partial charge in [0.15, 0.2) is 0 Å². The van der Waals surface area contributed by atoms with Crippen LogP contribution in [0.25, 0.3) is 0 Å². The predicted octanol–water partition coefficient (Wildman–Crippen LogP) is 3.80. The van der Waals surface area contributed by atoms with Crippen molar-refractivity contribution in [2.75, 3.05) is 13.2 Å². The van der Waals surface area contributed by atoms with Gasteiger partial charge in [-0.3, -0.25) is 0 Å². The fourth-order valence-electron chi connectivity index (χ4n) is 0.204. The third-order valence-electron chi connectivity index (χ3n) is 0.408. The van der Waals surface area contributed by atoms with Crippen molar-refractivity contribution in [3.05, 3.63) is 0 Å². The molecule has 1 nitrogen and oxygen atoms in total. The third-order valence-corrected chi connectivity index (χ3v) is 0.408. The summed E-state index contributed by atoms with van der Waals surface area (Å²) in [7, 11) is 20.1. The van der Waals surface area contributed by atoms with Crippen molar-refractivity contribution < 1.29 is 16.6 Å². The molecule has 0 aromatic carbocycles. The van der Waals surface area contributed by atoms with Gasteiger partial charge in [0.05, 0.1) is 0 Å². The zero-order valence-electron chi connectivity index (χ0n) is 5.74. The van der Waals surface area contributed by atoms with Crippen LogP contribution < -0.4 is 0 Å². The van der Waals surface area contributed by atoms with E-state index in [1.54, 1.807) is 0 Å². The second-order valence-corrected chi connectivity index (χ2v) is 26.6. The van der Waals surface area contributed by atoms with Crippen molar-refractivity contribution in [3.63, 3.8) is 0 Å². The first kappa shape index (κ1) is 14.3. The Kier molecular flexibility index (Phi) is 12.8. The molecule has 0 saturated heterocycles. The van der Waals surface area contributed by atoms with Crippen molar-refractivity contribution in [2.24, 2.45) is 0 Å². The minimum atomic E-state index is -3.28. The molecule has 0 N–H and O–H groups in total. The molecule has 0 aliphatic rings. The first-order valence-corrected chi connectivity index (χ1v) is 17.1. The van der Waals surface area contributed by atoms with Gasteiger partial charge in [0, 0.05) is 13.2 Å². The van der Waals surface area contributed by atoms with Crippen molar-refractivity contribution in [3.8, 4) is 0 Å². The van der Waals surface area contributed by atoms with Crippen LogP contribution in [0.5, 0.6) is 0 Å². The molecule has 0 bridgehead atoms. The summed E-state index contributed by atoms with van der Waals surface area (Å²) in [6.45, 7) is 5.67. The molecule has 0 heterocycles. The van der Waals surface area contributed by atoms with Crippen LogP contribution in [0.15, 0.2) is 0 Å². The molecular formula is C4H10Cl4OW. The van der Waals surface area contributed by atoms with Crippen molar-refractivity contribution in [2.45, 2.75) is 13.8 Å². The van der Waals surface area contributed by atoms with Crippen molar-refractivity contribution in [1.82, 2.24) is 0 Å². The molecule has 0 fully saturated rings. The van der Waals surface area contributed by atoms with Crippen LogP contribution in [-0.4, -0.2) is 13.2 Å². The van der Waals surface area contributed by atoms with Gasteiger partial charge in [-0.15, -0.1) is 0 Å². The van der Waals surface area contributed by atoms with Gasteiger partial charge in [0.2, 0.25) is 0 Å². The second-order valence-electron chi connectivity index (χ2n) is 1.13. The Morgan fingerprint density at radius 2 is 1.20 bits per heavy atom. The number of halogens is 4. The van der Waals surface area contributed by atoms with Gasteiger partial charge in [-0.2, -0.15) is 0 Å². The maximum absolute atomic E-state index is 5.03. The van der Waals surface area contributed by atoms with Gasteiger partial charge < -0.3 is 4.74 Å². The van der Waals surface area contributed by atoms with Crippen molar-refractivity contribution >= 4 is 37.7 Å². The van der Waals surface area contributed by atoms with Crippen LogP contribution >= 0.6 is 37.7 Å². The molecule has 0 amide bonds. The van der Waals surface area contributed by atoms with Gasteiger partial charge >= 0.3 is 49.6 Å². The Labute approximate surface area is 80.8 Å². The third kappa shape index (κ3) is 52.5. The summed E-state index contributed by atoms with van der Waals surface area (Å²) in [5, 5.41) is 0. The van der Waals surface area contributed by atoms with E-state index in [0.29, 0.717) is 0 Å². The van der Waals surface area contributed by atoms with Gasteiger partial charge in [-0.1, -0.05) is 0 Å². The quantitative estimate of drug-likeness (QED) is 0.686. The summed E-state index contributed by atoms with van der Waals surface area (Å²) >= 11 is -3.28. The van der Waals surface area contributed by atoms with Crippen LogP contribution in [0.3, 0.4) is 0 Å². The molecule has 10 heavy (non-hydrogen) atoms. The number of ether oxygens (including phenoxy) is 1. The van der Waals surface area contributed by atoms with E-state index < -0.39 is 11.9 Å². The second kappa shape index (κ2) is 8.90. The molecule has 0 aromatic rings. The topological polar surface area (TPSA) is 9.23 Å². The van der Waals surface area contributed by atoms with E-state index in [4.69, 9.17) is 42.4 Å². The molecule has 66 valence electrons. The number of hydrogen-bond donors (Lipinski definition) is 0. The van der Waals surface area contributed by atoms with E-state index in [0.717, 1.165) is 13.2 Å².